The molecule has 7 heteroatoms. The van der Waals surface area contributed by atoms with Crippen LogP contribution in [0.25, 0.3) is 0 Å². The number of alkyl halides is 2. The molecule has 0 rings (SSSR count). The lowest BCUT2D eigenvalue weighted by molar-refractivity contribution is -0.120. The smallest absolute Gasteiger partial charge is 0.239 e. The van der Waals surface area contributed by atoms with E-state index in [9.17, 15) is 4.79 Å². The molecule has 0 aromatic heterocycles. The first kappa shape index (κ1) is 15.9. The fourth-order valence-electron chi connectivity index (χ4n) is 1.30. The highest BCUT2D eigenvalue weighted by Crippen LogP contribution is 2.01. The second-order valence-corrected chi connectivity index (χ2v) is 4.15. The minimum Gasteiger partial charge on any atom is -0.355 e. The van der Waals surface area contributed by atoms with Crippen LogP contribution >= 0.6 is 23.2 Å². The van der Waals surface area contributed by atoms with Gasteiger partial charge < -0.3 is 5.32 Å². The fraction of sp³-hybridized carbons (Fsp3) is 0.889. The third-order valence-corrected chi connectivity index (χ3v) is 3.32. The van der Waals surface area contributed by atoms with Crippen molar-refractivity contribution in [3.63, 3.8) is 0 Å². The number of halogens is 2. The topological polar surface area (TPSA) is 65.2 Å². The van der Waals surface area contributed by atoms with Gasteiger partial charge in [-0.05, 0) is 21.1 Å². The van der Waals surface area contributed by atoms with Crippen molar-refractivity contribution in [1.82, 2.24) is 21.3 Å². The number of carbonyl (C=O) groups excluding carboxylic acids is 1. The van der Waals surface area contributed by atoms with Gasteiger partial charge in [0.2, 0.25) is 5.91 Å². The first-order valence-electron chi connectivity index (χ1n) is 5.09. The average Bonchev–Trinajstić information content (AvgIpc) is 2.34. The van der Waals surface area contributed by atoms with Gasteiger partial charge in [0.25, 0.3) is 0 Å². The van der Waals surface area contributed by atoms with Crippen LogP contribution in [-0.4, -0.2) is 50.6 Å². The Morgan fingerprint density at radius 3 is 2.12 bits per heavy atom. The summed E-state index contributed by atoms with van der Waals surface area (Å²) in [6, 6.07) is 0. The van der Waals surface area contributed by atoms with Crippen molar-refractivity contribution < 1.29 is 4.79 Å². The van der Waals surface area contributed by atoms with Gasteiger partial charge in [0, 0.05) is 18.8 Å². The molecule has 0 aromatic carbocycles. The molecule has 0 aliphatic rings. The van der Waals surface area contributed by atoms with E-state index in [0.29, 0.717) is 13.0 Å². The highest BCUT2D eigenvalue weighted by molar-refractivity contribution is 6.36. The van der Waals surface area contributed by atoms with Crippen LogP contribution in [0.5, 0.6) is 0 Å². The van der Waals surface area contributed by atoms with Gasteiger partial charge in [0.1, 0.15) is 11.2 Å². The third kappa shape index (κ3) is 4.84. The molecule has 16 heavy (non-hydrogen) atoms. The Labute approximate surface area is 107 Å². The summed E-state index contributed by atoms with van der Waals surface area (Å²) in [7, 11) is 5.49. The minimum absolute atomic E-state index is 0.114. The lowest BCUT2D eigenvalue weighted by atomic mass is 10.2. The Hall–Kier alpha value is -0.0700. The maximum Gasteiger partial charge on any atom is 0.239 e. The number of carbonyl (C=O) groups is 1. The molecule has 0 saturated carbocycles. The molecule has 1 amide bonds. The normalized spacial score (nSPS) is 13.6. The van der Waals surface area contributed by atoms with Crippen LogP contribution < -0.4 is 21.3 Å². The van der Waals surface area contributed by atoms with Crippen molar-refractivity contribution in [2.24, 2.45) is 0 Å². The second kappa shape index (κ2) is 8.08. The van der Waals surface area contributed by atoms with Gasteiger partial charge >= 0.3 is 0 Å². The zero-order valence-electron chi connectivity index (χ0n) is 9.86. The molecule has 0 radical (unpaired) electrons. The number of rotatable bonds is 8. The molecule has 1 atom stereocenters. The Morgan fingerprint density at radius 1 is 1.25 bits per heavy atom. The number of nitrogens with one attached hydrogen (secondary N) is 4. The molecular weight excluding hydrogens is 251 g/mol. The highest BCUT2D eigenvalue weighted by atomic mass is 35.5. The SMILES string of the molecule is CNC(CCNC(=O)C(Cl)CCl)(NC)NC. The summed E-state index contributed by atoms with van der Waals surface area (Å²) in [5.41, 5.74) is 0. The molecule has 0 heterocycles. The quantitative estimate of drug-likeness (QED) is 0.360. The van der Waals surface area contributed by atoms with Gasteiger partial charge in [-0.25, -0.2) is 0 Å². The van der Waals surface area contributed by atoms with E-state index in [-0.39, 0.29) is 11.8 Å². The number of amides is 1. The van der Waals surface area contributed by atoms with Crippen LogP contribution in [-0.2, 0) is 4.79 Å². The summed E-state index contributed by atoms with van der Waals surface area (Å²) >= 11 is 11.1. The molecule has 1 unspecified atom stereocenters. The van der Waals surface area contributed by atoms with Crippen molar-refractivity contribution in [3.05, 3.63) is 0 Å². The highest BCUT2D eigenvalue weighted by Gasteiger charge is 2.23. The number of hydrogen-bond acceptors (Lipinski definition) is 4. The van der Waals surface area contributed by atoms with Gasteiger partial charge in [0.15, 0.2) is 0 Å². The van der Waals surface area contributed by atoms with Crippen LogP contribution in [0.3, 0.4) is 0 Å². The van der Waals surface area contributed by atoms with Crippen molar-refractivity contribution in [2.45, 2.75) is 17.6 Å². The van der Waals surface area contributed by atoms with Crippen LogP contribution in [0.2, 0.25) is 0 Å². The van der Waals surface area contributed by atoms with Crippen LogP contribution in [0.15, 0.2) is 0 Å². The summed E-state index contributed by atoms with van der Waals surface area (Å²) in [6.07, 6.45) is 0.675. The molecule has 4 N–H and O–H groups in total. The van der Waals surface area contributed by atoms with Crippen LogP contribution in [0, 0.1) is 0 Å². The van der Waals surface area contributed by atoms with E-state index in [2.05, 4.69) is 21.3 Å². The van der Waals surface area contributed by atoms with Gasteiger partial charge in [-0.15, -0.1) is 23.2 Å². The lowest BCUT2D eigenvalue weighted by Crippen LogP contribution is -2.64. The molecule has 0 bridgehead atoms. The first-order valence-corrected chi connectivity index (χ1v) is 6.06. The fourth-order valence-corrected chi connectivity index (χ4v) is 1.52. The molecule has 0 aliphatic carbocycles. The van der Waals surface area contributed by atoms with E-state index in [0.717, 1.165) is 0 Å². The predicted octanol–water partition coefficient (Wildman–Crippen LogP) is -0.349. The average molecular weight is 271 g/mol. The minimum atomic E-state index is -0.671. The number of hydrogen-bond donors (Lipinski definition) is 4. The van der Waals surface area contributed by atoms with E-state index in [1.54, 1.807) is 0 Å². The monoisotopic (exact) mass is 270 g/mol. The van der Waals surface area contributed by atoms with Crippen molar-refractivity contribution >= 4 is 29.1 Å². The van der Waals surface area contributed by atoms with Crippen molar-refractivity contribution in [1.29, 1.82) is 0 Å². The lowest BCUT2D eigenvalue weighted by Gasteiger charge is -2.33. The molecule has 0 aromatic rings. The van der Waals surface area contributed by atoms with Gasteiger partial charge in [0.05, 0.1) is 0 Å². The second-order valence-electron chi connectivity index (χ2n) is 3.32. The van der Waals surface area contributed by atoms with Gasteiger partial charge in [-0.2, -0.15) is 0 Å². The van der Waals surface area contributed by atoms with E-state index in [1.807, 2.05) is 21.1 Å². The predicted molar refractivity (Wildman–Crippen MR) is 67.9 cm³/mol. The Kier molecular flexibility index (Phi) is 8.05. The standard InChI is InChI=1S/C9H20Cl2N4O/c1-12-9(13-2,14-3)4-5-15-8(16)7(11)6-10/h7,12-14H,4-6H2,1-3H3,(H,15,16). The summed E-state index contributed by atoms with van der Waals surface area (Å²) in [5.74, 6) is -0.521. The Bertz CT molecular complexity index is 203. The zero-order valence-corrected chi connectivity index (χ0v) is 11.4. The maximum absolute atomic E-state index is 11.3. The van der Waals surface area contributed by atoms with Gasteiger partial charge in [-0.1, -0.05) is 0 Å². The van der Waals surface area contributed by atoms with Crippen molar-refractivity contribution in [3.8, 4) is 0 Å². The molecule has 5 nitrogen and oxygen atoms in total. The van der Waals surface area contributed by atoms with E-state index >= 15 is 0 Å². The maximum atomic E-state index is 11.3. The Morgan fingerprint density at radius 2 is 1.75 bits per heavy atom. The summed E-state index contributed by atoms with van der Waals surface area (Å²) in [4.78, 5) is 11.3. The summed E-state index contributed by atoms with van der Waals surface area (Å²) in [6.45, 7) is 0.501. The molecule has 0 fully saturated rings. The largest absolute Gasteiger partial charge is 0.355 e. The summed E-state index contributed by atoms with van der Waals surface area (Å²) < 4.78 is 0. The van der Waals surface area contributed by atoms with E-state index in [1.165, 1.54) is 0 Å². The van der Waals surface area contributed by atoms with Crippen molar-refractivity contribution in [2.75, 3.05) is 33.6 Å². The summed E-state index contributed by atoms with van der Waals surface area (Å²) in [5, 5.41) is 11.3. The Balaban J connectivity index is 4.00. The van der Waals surface area contributed by atoms with Crippen LogP contribution in [0.1, 0.15) is 6.42 Å². The molecule has 0 spiro atoms. The van der Waals surface area contributed by atoms with E-state index in [4.69, 9.17) is 23.2 Å². The molecular formula is C9H20Cl2N4O. The van der Waals surface area contributed by atoms with E-state index < -0.39 is 11.2 Å². The molecule has 96 valence electrons. The van der Waals surface area contributed by atoms with Crippen LogP contribution in [0.4, 0.5) is 0 Å². The molecule has 0 saturated heterocycles. The van der Waals surface area contributed by atoms with Gasteiger partial charge in [-0.3, -0.25) is 20.7 Å². The third-order valence-electron chi connectivity index (χ3n) is 2.50. The molecule has 0 aliphatic heterocycles. The zero-order chi connectivity index (χ0) is 12.6. The first-order chi connectivity index (χ1) is 7.55.